The Bertz CT molecular complexity index is 567. The fraction of sp³-hybridized carbons (Fsp3) is 0.375. The quantitative estimate of drug-likeness (QED) is 0.818. The second-order valence-electron chi connectivity index (χ2n) is 5.67. The fourth-order valence-corrected chi connectivity index (χ4v) is 1.86. The van der Waals surface area contributed by atoms with Crippen LogP contribution in [0.1, 0.15) is 32.9 Å². The minimum absolute atomic E-state index is 0.253. The van der Waals surface area contributed by atoms with Gasteiger partial charge in [-0.3, -0.25) is 9.78 Å². The topological polar surface area (TPSA) is 30.0 Å². The van der Waals surface area contributed by atoms with E-state index in [2.05, 4.69) is 11.1 Å². The molecular formula is C16H19NO. The molecule has 0 spiro atoms. The summed E-state index contributed by atoms with van der Waals surface area (Å²) >= 11 is 0. The van der Waals surface area contributed by atoms with Gasteiger partial charge in [0, 0.05) is 22.9 Å². The Kier molecular flexibility index (Phi) is 3.46. The standard InChI is InChI=1S/C16H19NO/c1-16(2,3)15(18)11-10-13-9-8-12-6-4-5-7-14(12)17-13/h4-9H,10-11H2,1-3H3. The molecule has 18 heavy (non-hydrogen) atoms. The van der Waals surface area contributed by atoms with E-state index >= 15 is 0 Å². The number of hydrogen-bond donors (Lipinski definition) is 0. The van der Waals surface area contributed by atoms with Crippen molar-refractivity contribution >= 4 is 16.7 Å². The van der Waals surface area contributed by atoms with Crippen LogP contribution in [0.25, 0.3) is 10.9 Å². The lowest BCUT2D eigenvalue weighted by molar-refractivity contribution is -0.126. The number of pyridine rings is 1. The molecule has 0 saturated carbocycles. The van der Waals surface area contributed by atoms with Crippen LogP contribution in [-0.2, 0) is 11.2 Å². The summed E-state index contributed by atoms with van der Waals surface area (Å²) in [6.07, 6.45) is 1.29. The highest BCUT2D eigenvalue weighted by Gasteiger charge is 2.20. The van der Waals surface area contributed by atoms with Gasteiger partial charge in [0.25, 0.3) is 0 Å². The van der Waals surface area contributed by atoms with Crippen LogP contribution >= 0.6 is 0 Å². The van der Waals surface area contributed by atoms with Gasteiger partial charge >= 0.3 is 0 Å². The van der Waals surface area contributed by atoms with Crippen molar-refractivity contribution in [2.45, 2.75) is 33.6 Å². The predicted molar refractivity (Wildman–Crippen MR) is 74.5 cm³/mol. The molecule has 0 saturated heterocycles. The lowest BCUT2D eigenvalue weighted by Crippen LogP contribution is -2.20. The Balaban J connectivity index is 2.11. The van der Waals surface area contributed by atoms with Crippen LogP contribution in [0.4, 0.5) is 0 Å². The minimum Gasteiger partial charge on any atom is -0.299 e. The summed E-state index contributed by atoms with van der Waals surface area (Å²) in [5, 5.41) is 1.14. The summed E-state index contributed by atoms with van der Waals surface area (Å²) < 4.78 is 0. The third-order valence-corrected chi connectivity index (χ3v) is 3.10. The van der Waals surface area contributed by atoms with Gasteiger partial charge in [-0.15, -0.1) is 0 Å². The molecule has 0 amide bonds. The summed E-state index contributed by atoms with van der Waals surface area (Å²) in [6.45, 7) is 5.88. The maximum absolute atomic E-state index is 11.9. The molecule has 0 unspecified atom stereocenters. The van der Waals surface area contributed by atoms with Gasteiger partial charge in [0.15, 0.2) is 0 Å². The zero-order chi connectivity index (χ0) is 13.2. The molecule has 0 bridgehead atoms. The lowest BCUT2D eigenvalue weighted by atomic mass is 9.88. The molecule has 2 heteroatoms. The van der Waals surface area contributed by atoms with Crippen LogP contribution in [0.5, 0.6) is 0 Å². The largest absolute Gasteiger partial charge is 0.299 e. The molecule has 0 fully saturated rings. The fourth-order valence-electron chi connectivity index (χ4n) is 1.86. The van der Waals surface area contributed by atoms with E-state index in [-0.39, 0.29) is 11.2 Å². The van der Waals surface area contributed by atoms with Gasteiger partial charge in [-0.1, -0.05) is 45.0 Å². The van der Waals surface area contributed by atoms with Gasteiger partial charge in [0.05, 0.1) is 5.52 Å². The zero-order valence-corrected chi connectivity index (χ0v) is 11.2. The van der Waals surface area contributed by atoms with E-state index < -0.39 is 0 Å². The molecule has 0 aliphatic heterocycles. The first-order chi connectivity index (χ1) is 8.47. The molecule has 0 aliphatic rings. The van der Waals surface area contributed by atoms with E-state index in [0.717, 1.165) is 23.0 Å². The first-order valence-electron chi connectivity index (χ1n) is 6.35. The molecule has 0 aliphatic carbocycles. The van der Waals surface area contributed by atoms with E-state index in [1.165, 1.54) is 0 Å². The predicted octanol–water partition coefficient (Wildman–Crippen LogP) is 3.78. The molecule has 2 rings (SSSR count). The third kappa shape index (κ3) is 2.95. The minimum atomic E-state index is -0.253. The van der Waals surface area contributed by atoms with Gasteiger partial charge in [-0.25, -0.2) is 0 Å². The van der Waals surface area contributed by atoms with Crippen molar-refractivity contribution in [3.8, 4) is 0 Å². The summed E-state index contributed by atoms with van der Waals surface area (Å²) in [5.41, 5.74) is 1.74. The number of carbonyl (C=O) groups is 1. The van der Waals surface area contributed by atoms with Crippen LogP contribution in [0.2, 0.25) is 0 Å². The van der Waals surface area contributed by atoms with Crippen molar-refractivity contribution in [3.05, 3.63) is 42.1 Å². The van der Waals surface area contributed by atoms with E-state index in [1.807, 2.05) is 51.1 Å². The summed E-state index contributed by atoms with van der Waals surface area (Å²) in [5.74, 6) is 0.289. The van der Waals surface area contributed by atoms with Crippen LogP contribution in [-0.4, -0.2) is 10.8 Å². The number of aromatic nitrogens is 1. The second kappa shape index (κ2) is 4.89. The smallest absolute Gasteiger partial charge is 0.138 e. The van der Waals surface area contributed by atoms with Crippen molar-refractivity contribution in [1.29, 1.82) is 0 Å². The molecule has 2 aromatic rings. The number of nitrogens with zero attached hydrogens (tertiary/aromatic N) is 1. The lowest BCUT2D eigenvalue weighted by Gasteiger charge is -2.16. The van der Waals surface area contributed by atoms with E-state index in [4.69, 9.17) is 0 Å². The maximum atomic E-state index is 11.9. The number of benzene rings is 1. The van der Waals surface area contributed by atoms with Gasteiger partial charge in [-0.2, -0.15) is 0 Å². The number of ketones is 1. The van der Waals surface area contributed by atoms with Crippen molar-refractivity contribution in [2.24, 2.45) is 5.41 Å². The Labute approximate surface area is 108 Å². The Morgan fingerprint density at radius 2 is 1.83 bits per heavy atom. The second-order valence-corrected chi connectivity index (χ2v) is 5.67. The SMILES string of the molecule is CC(C)(C)C(=O)CCc1ccc2ccccc2n1. The third-order valence-electron chi connectivity index (χ3n) is 3.10. The molecule has 0 atom stereocenters. The van der Waals surface area contributed by atoms with Crippen molar-refractivity contribution in [1.82, 2.24) is 4.98 Å². The number of hydrogen-bond acceptors (Lipinski definition) is 2. The van der Waals surface area contributed by atoms with Crippen LogP contribution in [0.3, 0.4) is 0 Å². The Morgan fingerprint density at radius 3 is 2.56 bits per heavy atom. The number of carbonyl (C=O) groups excluding carboxylic acids is 1. The van der Waals surface area contributed by atoms with Crippen molar-refractivity contribution in [3.63, 3.8) is 0 Å². The molecule has 1 aromatic carbocycles. The average molecular weight is 241 g/mol. The van der Waals surface area contributed by atoms with E-state index in [9.17, 15) is 4.79 Å². The molecule has 1 aromatic heterocycles. The molecular weight excluding hydrogens is 222 g/mol. The molecule has 2 nitrogen and oxygen atoms in total. The van der Waals surface area contributed by atoms with Crippen molar-refractivity contribution in [2.75, 3.05) is 0 Å². The molecule has 0 radical (unpaired) electrons. The average Bonchev–Trinajstić information content (AvgIpc) is 2.34. The van der Waals surface area contributed by atoms with Crippen molar-refractivity contribution < 1.29 is 4.79 Å². The Hall–Kier alpha value is -1.70. The van der Waals surface area contributed by atoms with Crippen LogP contribution in [0, 0.1) is 5.41 Å². The molecule has 94 valence electrons. The van der Waals surface area contributed by atoms with E-state index in [0.29, 0.717) is 6.42 Å². The summed E-state index contributed by atoms with van der Waals surface area (Å²) in [6, 6.07) is 12.1. The number of rotatable bonds is 3. The van der Waals surface area contributed by atoms with Crippen LogP contribution < -0.4 is 0 Å². The number of Topliss-reactive ketones (excluding diaryl/α,β-unsaturated/α-hetero) is 1. The Morgan fingerprint density at radius 1 is 1.11 bits per heavy atom. The van der Waals surface area contributed by atoms with Crippen LogP contribution in [0.15, 0.2) is 36.4 Å². The molecule has 0 N–H and O–H groups in total. The molecule has 1 heterocycles. The zero-order valence-electron chi connectivity index (χ0n) is 11.2. The maximum Gasteiger partial charge on any atom is 0.138 e. The monoisotopic (exact) mass is 241 g/mol. The van der Waals surface area contributed by atoms with Gasteiger partial charge in [-0.05, 0) is 18.6 Å². The first kappa shape index (κ1) is 12.7. The summed E-state index contributed by atoms with van der Waals surface area (Å²) in [4.78, 5) is 16.5. The van der Waals surface area contributed by atoms with Gasteiger partial charge in [0.2, 0.25) is 0 Å². The number of fused-ring (bicyclic) bond motifs is 1. The number of aryl methyl sites for hydroxylation is 1. The number of para-hydroxylation sites is 1. The van der Waals surface area contributed by atoms with E-state index in [1.54, 1.807) is 0 Å². The highest BCUT2D eigenvalue weighted by molar-refractivity contribution is 5.84. The van der Waals surface area contributed by atoms with Gasteiger partial charge in [0.1, 0.15) is 5.78 Å². The first-order valence-corrected chi connectivity index (χ1v) is 6.35. The normalized spacial score (nSPS) is 11.7. The highest BCUT2D eigenvalue weighted by atomic mass is 16.1. The summed E-state index contributed by atoms with van der Waals surface area (Å²) in [7, 11) is 0. The van der Waals surface area contributed by atoms with Gasteiger partial charge < -0.3 is 0 Å². The highest BCUT2D eigenvalue weighted by Crippen LogP contribution is 2.19.